The molecule has 1 aliphatic rings. The van der Waals surface area contributed by atoms with E-state index in [1.807, 2.05) is 48.5 Å². The van der Waals surface area contributed by atoms with E-state index >= 15 is 0 Å². The van der Waals surface area contributed by atoms with Crippen molar-refractivity contribution < 1.29 is 13.2 Å². The molecule has 4 aromatic carbocycles. The lowest BCUT2D eigenvalue weighted by atomic mass is 9.85. The first-order valence-corrected chi connectivity index (χ1v) is 13.7. The highest BCUT2D eigenvalue weighted by atomic mass is 35.5. The van der Waals surface area contributed by atoms with Crippen LogP contribution >= 0.6 is 23.2 Å². The Morgan fingerprint density at radius 1 is 0.769 bits per heavy atom. The van der Waals surface area contributed by atoms with Crippen molar-refractivity contribution >= 4 is 34.2 Å². The van der Waals surface area contributed by atoms with Crippen LogP contribution in [-0.2, 0) is 19.1 Å². The van der Waals surface area contributed by atoms with Crippen LogP contribution in [0.3, 0.4) is 0 Å². The van der Waals surface area contributed by atoms with Gasteiger partial charge in [-0.05, 0) is 90.0 Å². The summed E-state index contributed by atoms with van der Waals surface area (Å²) in [6, 6.07) is 27.6. The van der Waals surface area contributed by atoms with Gasteiger partial charge in [0.2, 0.25) is 0 Å². The SMILES string of the molecule is FC(F)(F)c1ccc(CCn2c(C3CC3)nc3ccc(C(c4ccc(Cl)cc4)c4ccc(Cl)cc4)cc32)cc1. The fourth-order valence-electron chi connectivity index (χ4n) is 5.22. The summed E-state index contributed by atoms with van der Waals surface area (Å²) in [4.78, 5) is 4.98. The van der Waals surface area contributed by atoms with Crippen molar-refractivity contribution in [1.29, 1.82) is 0 Å². The molecule has 7 heteroatoms. The molecule has 0 unspecified atom stereocenters. The second-order valence-corrected chi connectivity index (χ2v) is 11.0. The van der Waals surface area contributed by atoms with Crippen molar-refractivity contribution in [1.82, 2.24) is 9.55 Å². The molecule has 6 rings (SSSR count). The smallest absolute Gasteiger partial charge is 0.327 e. The average molecular weight is 565 g/mol. The predicted octanol–water partition coefficient (Wildman–Crippen LogP) is 9.66. The summed E-state index contributed by atoms with van der Waals surface area (Å²) in [6.07, 6.45) is -1.51. The van der Waals surface area contributed by atoms with E-state index in [-0.39, 0.29) is 5.92 Å². The van der Waals surface area contributed by atoms with Gasteiger partial charge in [-0.2, -0.15) is 13.2 Å². The molecule has 1 fully saturated rings. The third-order valence-electron chi connectivity index (χ3n) is 7.39. The highest BCUT2D eigenvalue weighted by Crippen LogP contribution is 2.42. The lowest BCUT2D eigenvalue weighted by Crippen LogP contribution is -2.08. The third-order valence-corrected chi connectivity index (χ3v) is 7.89. The molecule has 1 heterocycles. The van der Waals surface area contributed by atoms with Gasteiger partial charge < -0.3 is 4.57 Å². The number of alkyl halides is 3. The third kappa shape index (κ3) is 5.57. The Balaban J connectivity index is 1.39. The van der Waals surface area contributed by atoms with Gasteiger partial charge in [-0.3, -0.25) is 0 Å². The van der Waals surface area contributed by atoms with Crippen molar-refractivity contribution in [2.24, 2.45) is 0 Å². The Hall–Kier alpha value is -3.28. The maximum Gasteiger partial charge on any atom is 0.416 e. The lowest BCUT2D eigenvalue weighted by molar-refractivity contribution is -0.137. The summed E-state index contributed by atoms with van der Waals surface area (Å²) in [6.45, 7) is 0.643. The Kier molecular flexibility index (Phi) is 6.90. The molecular weight excluding hydrogens is 540 g/mol. The van der Waals surface area contributed by atoms with Crippen LogP contribution in [0, 0.1) is 0 Å². The van der Waals surface area contributed by atoms with Gasteiger partial charge in [0.1, 0.15) is 5.82 Å². The molecule has 1 aliphatic carbocycles. The zero-order chi connectivity index (χ0) is 27.1. The summed E-state index contributed by atoms with van der Waals surface area (Å²) >= 11 is 12.4. The maximum atomic E-state index is 13.0. The largest absolute Gasteiger partial charge is 0.416 e. The Morgan fingerprint density at radius 3 is 1.87 bits per heavy atom. The Bertz CT molecular complexity index is 1560. The van der Waals surface area contributed by atoms with Crippen molar-refractivity contribution in [3.63, 3.8) is 0 Å². The second-order valence-electron chi connectivity index (χ2n) is 10.1. The summed E-state index contributed by atoms with van der Waals surface area (Å²) in [5, 5.41) is 1.36. The number of hydrogen-bond donors (Lipinski definition) is 0. The fourth-order valence-corrected chi connectivity index (χ4v) is 5.47. The van der Waals surface area contributed by atoms with Gasteiger partial charge in [0.25, 0.3) is 0 Å². The Labute approximate surface area is 235 Å². The molecule has 198 valence electrons. The molecule has 0 bridgehead atoms. The summed E-state index contributed by atoms with van der Waals surface area (Å²) in [7, 11) is 0. The minimum absolute atomic E-state index is 0.0356. The van der Waals surface area contributed by atoms with Crippen molar-refractivity contribution in [2.75, 3.05) is 0 Å². The van der Waals surface area contributed by atoms with Gasteiger partial charge in [-0.25, -0.2) is 4.98 Å². The Morgan fingerprint density at radius 2 is 1.33 bits per heavy atom. The quantitative estimate of drug-likeness (QED) is 0.180. The van der Waals surface area contributed by atoms with Crippen LogP contribution in [0.4, 0.5) is 13.2 Å². The highest BCUT2D eigenvalue weighted by Gasteiger charge is 2.31. The molecule has 5 aromatic rings. The first-order valence-electron chi connectivity index (χ1n) is 12.9. The van der Waals surface area contributed by atoms with Crippen LogP contribution < -0.4 is 0 Å². The molecule has 0 atom stereocenters. The standard InChI is InChI=1S/C32H25Cl2F3N2/c33-26-12-5-21(6-13-26)30(22-7-14-27(34)15-8-22)24-9-16-28-29(19-24)39(31(38-28)23-3-4-23)18-17-20-1-10-25(11-2-20)32(35,36)37/h1-2,5-16,19,23,30H,3-4,17-18H2. The molecule has 1 saturated carbocycles. The minimum atomic E-state index is -4.33. The van der Waals surface area contributed by atoms with E-state index in [9.17, 15) is 13.2 Å². The normalized spacial score (nSPS) is 13.9. The van der Waals surface area contributed by atoms with Crippen LogP contribution in [0.15, 0.2) is 91.0 Å². The molecule has 0 N–H and O–H groups in total. The van der Waals surface area contributed by atoms with E-state index in [0.717, 1.165) is 64.1 Å². The van der Waals surface area contributed by atoms with E-state index in [2.05, 4.69) is 22.8 Å². The number of hydrogen-bond acceptors (Lipinski definition) is 1. The summed E-state index contributed by atoms with van der Waals surface area (Å²) in [5.74, 6) is 1.45. The average Bonchev–Trinajstić information content (AvgIpc) is 3.71. The highest BCUT2D eigenvalue weighted by molar-refractivity contribution is 6.30. The summed E-state index contributed by atoms with van der Waals surface area (Å²) in [5.41, 5.74) is 5.54. The van der Waals surface area contributed by atoms with E-state index in [4.69, 9.17) is 28.2 Å². The number of aromatic nitrogens is 2. The first-order chi connectivity index (χ1) is 18.8. The zero-order valence-electron chi connectivity index (χ0n) is 20.9. The van der Waals surface area contributed by atoms with Crippen LogP contribution in [0.25, 0.3) is 11.0 Å². The molecule has 0 saturated heterocycles. The molecular formula is C32H25Cl2F3N2. The van der Waals surface area contributed by atoms with Crippen LogP contribution in [0.2, 0.25) is 10.0 Å². The number of aryl methyl sites for hydroxylation is 2. The number of rotatable bonds is 7. The number of nitrogens with zero attached hydrogens (tertiary/aromatic N) is 2. The van der Waals surface area contributed by atoms with Crippen molar-refractivity contribution in [2.45, 2.75) is 43.8 Å². The van der Waals surface area contributed by atoms with Gasteiger partial charge in [-0.15, -0.1) is 0 Å². The number of imidazole rings is 1. The van der Waals surface area contributed by atoms with E-state index < -0.39 is 11.7 Å². The van der Waals surface area contributed by atoms with E-state index in [1.165, 1.54) is 0 Å². The van der Waals surface area contributed by atoms with E-state index in [0.29, 0.717) is 28.9 Å². The molecule has 0 radical (unpaired) electrons. The molecule has 2 nitrogen and oxygen atoms in total. The summed E-state index contributed by atoms with van der Waals surface area (Å²) < 4.78 is 41.3. The predicted molar refractivity (Wildman–Crippen MR) is 151 cm³/mol. The minimum Gasteiger partial charge on any atom is -0.327 e. The molecule has 39 heavy (non-hydrogen) atoms. The van der Waals surface area contributed by atoms with Gasteiger partial charge in [0, 0.05) is 28.4 Å². The monoisotopic (exact) mass is 564 g/mol. The van der Waals surface area contributed by atoms with Gasteiger partial charge >= 0.3 is 6.18 Å². The molecule has 0 spiro atoms. The van der Waals surface area contributed by atoms with Gasteiger partial charge in [0.05, 0.1) is 16.6 Å². The fraction of sp³-hybridized carbons (Fsp3) is 0.219. The van der Waals surface area contributed by atoms with Gasteiger partial charge in [0.15, 0.2) is 0 Å². The maximum absolute atomic E-state index is 13.0. The van der Waals surface area contributed by atoms with Gasteiger partial charge in [-0.1, -0.05) is 65.7 Å². The lowest BCUT2D eigenvalue weighted by Gasteiger charge is -2.20. The molecule has 1 aromatic heterocycles. The molecule has 0 aliphatic heterocycles. The van der Waals surface area contributed by atoms with Crippen LogP contribution in [-0.4, -0.2) is 9.55 Å². The number of halogens is 5. The number of fused-ring (bicyclic) bond motifs is 1. The van der Waals surface area contributed by atoms with Crippen molar-refractivity contribution in [3.8, 4) is 0 Å². The van der Waals surface area contributed by atoms with Crippen LogP contribution in [0.1, 0.15) is 58.3 Å². The van der Waals surface area contributed by atoms with Crippen molar-refractivity contribution in [3.05, 3.63) is 135 Å². The second kappa shape index (κ2) is 10.4. The first kappa shape index (κ1) is 26.0. The zero-order valence-corrected chi connectivity index (χ0v) is 22.4. The topological polar surface area (TPSA) is 17.8 Å². The van der Waals surface area contributed by atoms with E-state index in [1.54, 1.807) is 12.1 Å². The van der Waals surface area contributed by atoms with Crippen LogP contribution in [0.5, 0.6) is 0 Å². The number of benzene rings is 4. The molecule has 0 amide bonds.